The summed E-state index contributed by atoms with van der Waals surface area (Å²) in [6, 6.07) is 0.736. The Bertz CT molecular complexity index is 549. The highest BCUT2D eigenvalue weighted by Crippen LogP contribution is 2.35. The SMILES string of the molecule is COC(=O)Cc1cc([N+](=O)[O-])c(OC(F)(F)F)c(I)n1. The highest BCUT2D eigenvalue weighted by atomic mass is 127. The Hall–Kier alpha value is -1.66. The van der Waals surface area contributed by atoms with Crippen molar-refractivity contribution in [3.05, 3.63) is 25.6 Å². The number of esters is 1. The summed E-state index contributed by atoms with van der Waals surface area (Å²) in [5.74, 6) is -1.75. The summed E-state index contributed by atoms with van der Waals surface area (Å²) in [5.41, 5.74) is -1.02. The van der Waals surface area contributed by atoms with E-state index in [1.807, 2.05) is 0 Å². The number of carbonyl (C=O) groups is 1. The summed E-state index contributed by atoms with van der Waals surface area (Å²) in [6.07, 6.45) is -5.49. The maximum atomic E-state index is 12.2. The number of pyridine rings is 1. The fourth-order valence-corrected chi connectivity index (χ4v) is 1.89. The third kappa shape index (κ3) is 4.47. The van der Waals surface area contributed by atoms with Crippen molar-refractivity contribution >= 4 is 34.2 Å². The van der Waals surface area contributed by atoms with E-state index in [0.29, 0.717) is 0 Å². The predicted octanol–water partition coefficient (Wildman–Crippen LogP) is 2.21. The monoisotopic (exact) mass is 406 g/mol. The first-order valence-electron chi connectivity index (χ1n) is 4.80. The lowest BCUT2D eigenvalue weighted by Gasteiger charge is -2.11. The molecule has 0 saturated carbocycles. The van der Waals surface area contributed by atoms with Gasteiger partial charge in [-0.05, 0) is 22.6 Å². The van der Waals surface area contributed by atoms with Gasteiger partial charge in [-0.1, -0.05) is 0 Å². The van der Waals surface area contributed by atoms with Crippen molar-refractivity contribution in [3.63, 3.8) is 0 Å². The average molecular weight is 406 g/mol. The molecule has 0 aliphatic carbocycles. The van der Waals surface area contributed by atoms with Gasteiger partial charge >= 0.3 is 18.0 Å². The minimum absolute atomic E-state index is 0.0949. The van der Waals surface area contributed by atoms with Gasteiger partial charge in [-0.2, -0.15) is 0 Å². The lowest BCUT2D eigenvalue weighted by Crippen LogP contribution is -2.19. The molecular formula is C9H6F3IN2O5. The van der Waals surface area contributed by atoms with Crippen LogP contribution in [0.5, 0.6) is 5.75 Å². The minimum Gasteiger partial charge on any atom is -0.469 e. The van der Waals surface area contributed by atoms with Crippen LogP contribution >= 0.6 is 22.6 Å². The van der Waals surface area contributed by atoms with Gasteiger partial charge in [-0.3, -0.25) is 14.9 Å². The molecule has 0 bridgehead atoms. The van der Waals surface area contributed by atoms with E-state index in [9.17, 15) is 28.1 Å². The number of aromatic nitrogens is 1. The molecule has 0 spiro atoms. The van der Waals surface area contributed by atoms with Gasteiger partial charge in [-0.15, -0.1) is 13.2 Å². The zero-order valence-electron chi connectivity index (χ0n) is 9.73. The van der Waals surface area contributed by atoms with Gasteiger partial charge in [0.05, 0.1) is 24.1 Å². The van der Waals surface area contributed by atoms with E-state index in [2.05, 4.69) is 14.5 Å². The van der Waals surface area contributed by atoms with Crippen LogP contribution in [-0.4, -0.2) is 29.3 Å². The number of carbonyl (C=O) groups excluding carboxylic acids is 1. The Kier molecular flexibility index (Phi) is 5.08. The summed E-state index contributed by atoms with van der Waals surface area (Å²) < 4.78 is 44.1. The number of halogens is 4. The molecule has 0 aliphatic rings. The van der Waals surface area contributed by atoms with Crippen LogP contribution in [-0.2, 0) is 16.0 Å². The number of hydrogen-bond acceptors (Lipinski definition) is 6. The quantitative estimate of drug-likeness (QED) is 0.250. The molecule has 20 heavy (non-hydrogen) atoms. The number of alkyl halides is 3. The summed E-state index contributed by atoms with van der Waals surface area (Å²) in [6.45, 7) is 0. The summed E-state index contributed by atoms with van der Waals surface area (Å²) in [4.78, 5) is 24.4. The van der Waals surface area contributed by atoms with Crippen LogP contribution in [0.3, 0.4) is 0 Å². The number of nitro groups is 1. The molecule has 0 unspecified atom stereocenters. The smallest absolute Gasteiger partial charge is 0.469 e. The Morgan fingerprint density at radius 2 is 2.15 bits per heavy atom. The van der Waals surface area contributed by atoms with E-state index in [1.165, 1.54) is 22.6 Å². The number of ether oxygens (including phenoxy) is 2. The van der Waals surface area contributed by atoms with E-state index in [0.717, 1.165) is 13.2 Å². The second-order valence-corrected chi connectivity index (χ2v) is 4.33. The fraction of sp³-hybridized carbons (Fsp3) is 0.333. The van der Waals surface area contributed by atoms with E-state index < -0.39 is 35.1 Å². The molecule has 0 aromatic carbocycles. The lowest BCUT2D eigenvalue weighted by molar-refractivity contribution is -0.388. The highest BCUT2D eigenvalue weighted by Gasteiger charge is 2.36. The molecule has 0 radical (unpaired) electrons. The van der Waals surface area contributed by atoms with Crippen LogP contribution in [0.15, 0.2) is 6.07 Å². The third-order valence-electron chi connectivity index (χ3n) is 1.93. The second kappa shape index (κ2) is 6.19. The number of nitrogens with zero attached hydrogens (tertiary/aromatic N) is 2. The molecule has 7 nitrogen and oxygen atoms in total. The Morgan fingerprint density at radius 3 is 2.60 bits per heavy atom. The molecule has 1 aromatic rings. The van der Waals surface area contributed by atoms with Gasteiger partial charge in [0.15, 0.2) is 3.70 Å². The number of hydrogen-bond donors (Lipinski definition) is 0. The van der Waals surface area contributed by atoms with Crippen molar-refractivity contribution in [2.24, 2.45) is 0 Å². The van der Waals surface area contributed by atoms with E-state index in [-0.39, 0.29) is 9.39 Å². The van der Waals surface area contributed by atoms with Crippen molar-refractivity contribution in [2.75, 3.05) is 7.11 Å². The number of rotatable bonds is 4. The Labute approximate surface area is 123 Å². The van der Waals surface area contributed by atoms with Crippen LogP contribution < -0.4 is 4.74 Å². The van der Waals surface area contributed by atoms with E-state index in [4.69, 9.17) is 0 Å². The standard InChI is InChI=1S/C9H6F3IN2O5/c1-19-6(16)3-4-2-5(15(17)18)7(8(13)14-4)20-9(10,11)12/h2H,3H2,1H3. The fourth-order valence-electron chi connectivity index (χ4n) is 1.19. The molecule has 0 aliphatic heterocycles. The molecule has 110 valence electrons. The Morgan fingerprint density at radius 1 is 1.55 bits per heavy atom. The van der Waals surface area contributed by atoms with Crippen LogP contribution in [0.25, 0.3) is 0 Å². The average Bonchev–Trinajstić information content (AvgIpc) is 2.30. The maximum Gasteiger partial charge on any atom is 0.573 e. The van der Waals surface area contributed by atoms with Crippen molar-refractivity contribution in [1.29, 1.82) is 0 Å². The Balaban J connectivity index is 3.26. The van der Waals surface area contributed by atoms with Gasteiger partial charge in [0.1, 0.15) is 0 Å². The van der Waals surface area contributed by atoms with Gasteiger partial charge < -0.3 is 9.47 Å². The molecule has 0 N–H and O–H groups in total. The van der Waals surface area contributed by atoms with E-state index in [1.54, 1.807) is 0 Å². The lowest BCUT2D eigenvalue weighted by atomic mass is 10.2. The molecule has 11 heteroatoms. The summed E-state index contributed by atoms with van der Waals surface area (Å²) in [7, 11) is 1.10. The normalized spacial score (nSPS) is 11.1. The van der Waals surface area contributed by atoms with Crippen LogP contribution in [0, 0.1) is 13.8 Å². The molecule has 0 amide bonds. The van der Waals surface area contributed by atoms with Crippen LogP contribution in [0.2, 0.25) is 0 Å². The summed E-state index contributed by atoms with van der Waals surface area (Å²) in [5, 5.41) is 10.8. The second-order valence-electron chi connectivity index (χ2n) is 3.31. The molecule has 1 aromatic heterocycles. The third-order valence-corrected chi connectivity index (χ3v) is 2.66. The van der Waals surface area contributed by atoms with Crippen molar-refractivity contribution in [1.82, 2.24) is 4.98 Å². The summed E-state index contributed by atoms with van der Waals surface area (Å²) >= 11 is 1.35. The van der Waals surface area contributed by atoms with Crippen LogP contribution in [0.1, 0.15) is 5.69 Å². The van der Waals surface area contributed by atoms with Crippen molar-refractivity contribution in [2.45, 2.75) is 12.8 Å². The molecule has 0 atom stereocenters. The molecular weight excluding hydrogens is 400 g/mol. The van der Waals surface area contributed by atoms with Crippen LogP contribution in [0.4, 0.5) is 18.9 Å². The van der Waals surface area contributed by atoms with Gasteiger partial charge in [0, 0.05) is 6.07 Å². The van der Waals surface area contributed by atoms with Crippen molar-refractivity contribution < 1.29 is 32.4 Å². The molecule has 0 saturated heterocycles. The topological polar surface area (TPSA) is 91.6 Å². The first-order valence-corrected chi connectivity index (χ1v) is 5.88. The van der Waals surface area contributed by atoms with Gasteiger partial charge in [-0.25, -0.2) is 4.98 Å². The number of methoxy groups -OCH3 is 1. The molecule has 1 heterocycles. The van der Waals surface area contributed by atoms with Gasteiger partial charge in [0.2, 0.25) is 5.75 Å². The minimum atomic E-state index is -5.09. The van der Waals surface area contributed by atoms with E-state index >= 15 is 0 Å². The first kappa shape index (κ1) is 16.4. The highest BCUT2D eigenvalue weighted by molar-refractivity contribution is 14.1. The maximum absolute atomic E-state index is 12.2. The van der Waals surface area contributed by atoms with Crippen molar-refractivity contribution in [3.8, 4) is 5.75 Å². The predicted molar refractivity (Wildman–Crippen MR) is 66.0 cm³/mol. The first-order chi connectivity index (χ1) is 9.14. The molecule has 1 rings (SSSR count). The van der Waals surface area contributed by atoms with Gasteiger partial charge in [0.25, 0.3) is 0 Å². The zero-order valence-corrected chi connectivity index (χ0v) is 11.9. The zero-order chi connectivity index (χ0) is 15.5. The molecule has 0 fully saturated rings. The largest absolute Gasteiger partial charge is 0.573 e.